The van der Waals surface area contributed by atoms with Gasteiger partial charge < -0.3 is 0 Å². The summed E-state index contributed by atoms with van der Waals surface area (Å²) >= 11 is 13.0. The van der Waals surface area contributed by atoms with Crippen molar-refractivity contribution < 1.29 is 13.2 Å². The highest BCUT2D eigenvalue weighted by Crippen LogP contribution is 2.37. The van der Waals surface area contributed by atoms with E-state index in [1.54, 1.807) is 0 Å². The van der Waals surface area contributed by atoms with Gasteiger partial charge in [0.1, 0.15) is 9.23 Å². The van der Waals surface area contributed by atoms with Gasteiger partial charge in [-0.15, -0.1) is 11.3 Å². The average molecular weight is 440 g/mol. The molecule has 146 valence electrons. The minimum atomic E-state index is -3.68. The van der Waals surface area contributed by atoms with Crippen molar-refractivity contribution in [3.8, 4) is 0 Å². The zero-order valence-corrected chi connectivity index (χ0v) is 17.6. The molecule has 2 aliphatic heterocycles. The van der Waals surface area contributed by atoms with Crippen molar-refractivity contribution in [2.24, 2.45) is 5.92 Å². The van der Waals surface area contributed by atoms with E-state index in [-0.39, 0.29) is 21.1 Å². The smallest absolute Gasteiger partial charge is 0.245 e. The van der Waals surface area contributed by atoms with Gasteiger partial charge in [0.25, 0.3) is 0 Å². The molecule has 10 heteroatoms. The molecule has 3 heterocycles. The summed E-state index contributed by atoms with van der Waals surface area (Å²) in [4.78, 5) is 12.4. The number of amides is 1. The van der Waals surface area contributed by atoms with Gasteiger partial charge in [0.05, 0.1) is 4.34 Å². The van der Waals surface area contributed by atoms with Crippen LogP contribution in [0.2, 0.25) is 8.67 Å². The number of hydrazine groups is 1. The number of halogens is 2. The summed E-state index contributed by atoms with van der Waals surface area (Å²) in [5.41, 5.74) is 2.95. The number of sulfonamides is 1. The second-order valence-corrected chi connectivity index (χ2v) is 11.0. The summed E-state index contributed by atoms with van der Waals surface area (Å²) in [6.45, 7) is 2.54. The maximum Gasteiger partial charge on any atom is 0.245 e. The molecule has 1 aromatic rings. The molecule has 2 aliphatic rings. The largest absolute Gasteiger partial charge is 0.289 e. The van der Waals surface area contributed by atoms with E-state index in [9.17, 15) is 13.2 Å². The monoisotopic (exact) mass is 439 g/mol. The van der Waals surface area contributed by atoms with Crippen molar-refractivity contribution in [1.29, 1.82) is 0 Å². The van der Waals surface area contributed by atoms with Crippen LogP contribution in [0.15, 0.2) is 11.0 Å². The molecule has 1 atom stereocenters. The second-order valence-electron chi connectivity index (χ2n) is 6.85. The second kappa shape index (κ2) is 8.75. The molecule has 6 nitrogen and oxygen atoms in total. The highest BCUT2D eigenvalue weighted by atomic mass is 35.5. The van der Waals surface area contributed by atoms with Crippen molar-refractivity contribution >= 4 is 50.5 Å². The molecule has 3 rings (SSSR count). The maximum absolute atomic E-state index is 12.9. The molecule has 2 fully saturated rings. The van der Waals surface area contributed by atoms with Crippen molar-refractivity contribution in [2.75, 3.05) is 26.2 Å². The molecule has 0 radical (unpaired) electrons. The van der Waals surface area contributed by atoms with E-state index in [0.29, 0.717) is 23.8 Å². The SMILES string of the molecule is O=C(CC1CCCN(S(=O)(=O)c2cc(Cl)sc2Cl)C1)NN1CCCCC1. The number of carbonyl (C=O) groups is 1. The molecular formula is C16H23Cl2N3O3S2. The fourth-order valence-corrected chi connectivity index (χ4v) is 7.21. The Kier molecular flexibility index (Phi) is 6.85. The molecule has 0 spiro atoms. The third-order valence-corrected chi connectivity index (χ3v) is 8.46. The van der Waals surface area contributed by atoms with Gasteiger partial charge in [-0.2, -0.15) is 4.31 Å². The van der Waals surface area contributed by atoms with Crippen molar-refractivity contribution in [3.05, 3.63) is 14.7 Å². The number of nitrogens with zero attached hydrogens (tertiary/aromatic N) is 2. The van der Waals surface area contributed by atoms with E-state index in [4.69, 9.17) is 23.2 Å². The van der Waals surface area contributed by atoms with Crippen molar-refractivity contribution in [2.45, 2.75) is 43.4 Å². The van der Waals surface area contributed by atoms with Crippen LogP contribution in [0.1, 0.15) is 38.5 Å². The Morgan fingerprint density at radius 3 is 2.58 bits per heavy atom. The molecule has 0 aromatic carbocycles. The predicted molar refractivity (Wildman–Crippen MR) is 104 cm³/mol. The van der Waals surface area contributed by atoms with Gasteiger partial charge in [0.2, 0.25) is 15.9 Å². The molecule has 1 amide bonds. The van der Waals surface area contributed by atoms with E-state index in [2.05, 4.69) is 5.43 Å². The maximum atomic E-state index is 12.9. The van der Waals surface area contributed by atoms with Crippen LogP contribution in [0.25, 0.3) is 0 Å². The van der Waals surface area contributed by atoms with Crippen LogP contribution in [-0.4, -0.2) is 49.8 Å². The minimum absolute atomic E-state index is 0.0104. The van der Waals surface area contributed by atoms with E-state index in [0.717, 1.165) is 50.1 Å². The Bertz CT molecular complexity index is 748. The standard InChI is InChI=1S/C16H23Cl2N3O3S2/c17-14-10-13(16(18)25-14)26(23,24)21-8-4-5-12(11-21)9-15(22)19-20-6-2-1-3-7-20/h10,12H,1-9,11H2,(H,19,22). The average Bonchev–Trinajstić information content (AvgIpc) is 2.95. The highest BCUT2D eigenvalue weighted by Gasteiger charge is 2.33. The van der Waals surface area contributed by atoms with E-state index < -0.39 is 10.0 Å². The first kappa shape index (κ1) is 20.4. The zero-order valence-electron chi connectivity index (χ0n) is 14.4. The van der Waals surface area contributed by atoms with E-state index >= 15 is 0 Å². The van der Waals surface area contributed by atoms with E-state index in [1.165, 1.54) is 16.8 Å². The van der Waals surface area contributed by atoms with Crippen LogP contribution in [0.3, 0.4) is 0 Å². The normalized spacial score (nSPS) is 23.1. The van der Waals surface area contributed by atoms with Crippen LogP contribution >= 0.6 is 34.5 Å². The number of carbonyl (C=O) groups excluding carboxylic acids is 1. The van der Waals surface area contributed by atoms with Crippen LogP contribution in [-0.2, 0) is 14.8 Å². The van der Waals surface area contributed by atoms with Gasteiger partial charge in [0, 0.05) is 32.6 Å². The zero-order chi connectivity index (χ0) is 18.7. The van der Waals surface area contributed by atoms with Gasteiger partial charge in [-0.25, -0.2) is 13.4 Å². The number of hydrogen-bond acceptors (Lipinski definition) is 5. The highest BCUT2D eigenvalue weighted by molar-refractivity contribution is 7.89. The van der Waals surface area contributed by atoms with Gasteiger partial charge >= 0.3 is 0 Å². The third-order valence-electron chi connectivity index (χ3n) is 4.84. The number of thiophene rings is 1. The van der Waals surface area contributed by atoms with Crippen LogP contribution < -0.4 is 5.43 Å². The van der Waals surface area contributed by atoms with E-state index in [1.807, 2.05) is 5.01 Å². The summed E-state index contributed by atoms with van der Waals surface area (Å²) in [7, 11) is -3.68. The Labute approximate surface area is 168 Å². The van der Waals surface area contributed by atoms with Gasteiger partial charge in [-0.3, -0.25) is 10.2 Å². The Balaban J connectivity index is 1.60. The number of nitrogens with one attached hydrogen (secondary N) is 1. The van der Waals surface area contributed by atoms with Crippen molar-refractivity contribution in [3.63, 3.8) is 0 Å². The summed E-state index contributed by atoms with van der Waals surface area (Å²) in [5, 5.41) is 1.97. The predicted octanol–water partition coefficient (Wildman–Crippen LogP) is 3.36. The first-order valence-corrected chi connectivity index (χ1v) is 11.9. The third kappa shape index (κ3) is 4.91. The molecule has 1 unspecified atom stereocenters. The first-order chi connectivity index (χ1) is 12.4. The van der Waals surface area contributed by atoms with Gasteiger partial charge in [-0.05, 0) is 37.7 Å². The quantitative estimate of drug-likeness (QED) is 0.763. The number of piperidine rings is 2. The molecule has 26 heavy (non-hydrogen) atoms. The Morgan fingerprint density at radius 1 is 1.19 bits per heavy atom. The lowest BCUT2D eigenvalue weighted by atomic mass is 9.96. The molecule has 1 N–H and O–H groups in total. The number of hydrogen-bond donors (Lipinski definition) is 1. The van der Waals surface area contributed by atoms with Crippen LogP contribution in [0.4, 0.5) is 0 Å². The lowest BCUT2D eigenvalue weighted by Crippen LogP contribution is -2.47. The summed E-state index contributed by atoms with van der Waals surface area (Å²) in [6, 6.07) is 1.40. The Hall–Kier alpha value is -0.380. The van der Waals surface area contributed by atoms with Gasteiger partial charge in [-0.1, -0.05) is 29.6 Å². The molecular weight excluding hydrogens is 417 g/mol. The molecule has 0 aliphatic carbocycles. The lowest BCUT2D eigenvalue weighted by Gasteiger charge is -2.32. The summed E-state index contributed by atoms with van der Waals surface area (Å²) in [6.07, 6.45) is 5.31. The summed E-state index contributed by atoms with van der Waals surface area (Å²) < 4.78 is 27.7. The number of rotatable bonds is 5. The van der Waals surface area contributed by atoms with Crippen LogP contribution in [0, 0.1) is 5.92 Å². The molecule has 1 aromatic heterocycles. The Morgan fingerprint density at radius 2 is 1.92 bits per heavy atom. The first-order valence-electron chi connectivity index (χ1n) is 8.85. The van der Waals surface area contributed by atoms with Crippen molar-refractivity contribution in [1.82, 2.24) is 14.7 Å². The minimum Gasteiger partial charge on any atom is -0.289 e. The fraction of sp³-hybridized carbons (Fsp3) is 0.688. The summed E-state index contributed by atoms with van der Waals surface area (Å²) in [5.74, 6) is -0.0241. The van der Waals surface area contributed by atoms with Crippen LogP contribution in [0.5, 0.6) is 0 Å². The van der Waals surface area contributed by atoms with Gasteiger partial charge in [0.15, 0.2) is 0 Å². The lowest BCUT2D eigenvalue weighted by molar-refractivity contribution is -0.127. The molecule has 0 bridgehead atoms. The molecule has 0 saturated carbocycles. The molecule has 2 saturated heterocycles. The fourth-order valence-electron chi connectivity index (χ4n) is 3.54. The topological polar surface area (TPSA) is 69.7 Å².